The van der Waals surface area contributed by atoms with Gasteiger partial charge in [0.2, 0.25) is 0 Å². The number of aromatic nitrogens is 1. The van der Waals surface area contributed by atoms with Gasteiger partial charge >= 0.3 is 0 Å². The van der Waals surface area contributed by atoms with Crippen molar-refractivity contribution in [2.45, 2.75) is 40.2 Å². The van der Waals surface area contributed by atoms with Crippen LogP contribution in [0.5, 0.6) is 0 Å². The lowest BCUT2D eigenvalue weighted by molar-refractivity contribution is 0.190. The van der Waals surface area contributed by atoms with Crippen LogP contribution in [-0.2, 0) is 6.54 Å². The van der Waals surface area contributed by atoms with Crippen molar-refractivity contribution in [3.8, 4) is 0 Å². The Balaban J connectivity index is 1.67. The maximum atomic E-state index is 4.57. The van der Waals surface area contributed by atoms with Crippen molar-refractivity contribution in [1.82, 2.24) is 15.2 Å². The topological polar surface area (TPSA) is 28.2 Å². The predicted molar refractivity (Wildman–Crippen MR) is 78.1 cm³/mol. The van der Waals surface area contributed by atoms with Crippen molar-refractivity contribution in [3.63, 3.8) is 0 Å². The van der Waals surface area contributed by atoms with E-state index in [-0.39, 0.29) is 0 Å². The molecule has 0 amide bonds. The molecule has 0 aliphatic carbocycles. The minimum Gasteiger partial charge on any atom is -0.310 e. The van der Waals surface area contributed by atoms with E-state index in [1.165, 1.54) is 48.1 Å². The molecule has 1 aromatic rings. The van der Waals surface area contributed by atoms with E-state index in [4.69, 9.17) is 0 Å². The van der Waals surface area contributed by atoms with Gasteiger partial charge in [-0.1, -0.05) is 6.92 Å². The molecule has 1 N–H and O–H groups in total. The number of thiazole rings is 1. The fourth-order valence-electron chi connectivity index (χ4n) is 2.50. The SMILES string of the molecule is CCN1CCC(CNCc2nc(C)c(C)s2)CC1. The number of piperidine rings is 1. The Morgan fingerprint density at radius 1 is 1.33 bits per heavy atom. The van der Waals surface area contributed by atoms with Gasteiger partial charge in [-0.15, -0.1) is 11.3 Å². The van der Waals surface area contributed by atoms with Gasteiger partial charge in [0.1, 0.15) is 5.01 Å². The molecule has 2 heterocycles. The molecule has 0 aromatic carbocycles. The molecule has 1 aliphatic heterocycles. The number of hydrogen-bond donors (Lipinski definition) is 1. The maximum absolute atomic E-state index is 4.57. The highest BCUT2D eigenvalue weighted by Gasteiger charge is 2.17. The van der Waals surface area contributed by atoms with Crippen LogP contribution in [0.3, 0.4) is 0 Å². The van der Waals surface area contributed by atoms with E-state index in [0.29, 0.717) is 0 Å². The second-order valence-corrected chi connectivity index (χ2v) is 6.55. The zero-order chi connectivity index (χ0) is 13.0. The second kappa shape index (κ2) is 6.64. The number of likely N-dealkylation sites (tertiary alicyclic amines) is 1. The first-order chi connectivity index (χ1) is 8.69. The van der Waals surface area contributed by atoms with Crippen LogP contribution in [0.4, 0.5) is 0 Å². The molecular weight excluding hydrogens is 242 g/mol. The van der Waals surface area contributed by atoms with Crippen molar-refractivity contribution >= 4 is 11.3 Å². The summed E-state index contributed by atoms with van der Waals surface area (Å²) in [7, 11) is 0. The third-order valence-corrected chi connectivity index (χ3v) is 5.01. The molecule has 1 saturated heterocycles. The number of nitrogens with one attached hydrogen (secondary N) is 1. The first kappa shape index (κ1) is 14.0. The molecule has 4 heteroatoms. The van der Waals surface area contributed by atoms with Crippen molar-refractivity contribution in [2.24, 2.45) is 5.92 Å². The van der Waals surface area contributed by atoms with Gasteiger partial charge in [0, 0.05) is 11.4 Å². The second-order valence-electron chi connectivity index (χ2n) is 5.26. The quantitative estimate of drug-likeness (QED) is 0.889. The van der Waals surface area contributed by atoms with Gasteiger partial charge in [-0.25, -0.2) is 4.98 Å². The van der Waals surface area contributed by atoms with E-state index in [2.05, 4.69) is 36.0 Å². The lowest BCUT2D eigenvalue weighted by atomic mass is 9.97. The molecule has 0 radical (unpaired) electrons. The third kappa shape index (κ3) is 3.77. The molecule has 0 unspecified atom stereocenters. The molecule has 1 fully saturated rings. The average molecular weight is 267 g/mol. The summed E-state index contributed by atoms with van der Waals surface area (Å²) in [5.41, 5.74) is 1.19. The van der Waals surface area contributed by atoms with Gasteiger partial charge in [-0.05, 0) is 58.8 Å². The fourth-order valence-corrected chi connectivity index (χ4v) is 3.41. The van der Waals surface area contributed by atoms with E-state index in [1.54, 1.807) is 0 Å². The third-order valence-electron chi connectivity index (χ3n) is 3.94. The van der Waals surface area contributed by atoms with Gasteiger partial charge in [0.05, 0.1) is 5.69 Å². The number of nitrogens with zero attached hydrogens (tertiary/aromatic N) is 2. The molecule has 3 nitrogen and oxygen atoms in total. The number of aryl methyl sites for hydroxylation is 2. The molecular formula is C14H25N3S. The maximum Gasteiger partial charge on any atom is 0.107 e. The summed E-state index contributed by atoms with van der Waals surface area (Å²) in [6.45, 7) is 12.3. The van der Waals surface area contributed by atoms with Crippen molar-refractivity contribution in [2.75, 3.05) is 26.2 Å². The fraction of sp³-hybridized carbons (Fsp3) is 0.786. The van der Waals surface area contributed by atoms with Gasteiger partial charge < -0.3 is 10.2 Å². The van der Waals surface area contributed by atoms with Crippen LogP contribution in [-0.4, -0.2) is 36.1 Å². The van der Waals surface area contributed by atoms with Crippen LogP contribution in [0, 0.1) is 19.8 Å². The zero-order valence-electron chi connectivity index (χ0n) is 11.8. The molecule has 2 rings (SSSR count). The van der Waals surface area contributed by atoms with E-state index < -0.39 is 0 Å². The first-order valence-corrected chi connectivity index (χ1v) is 7.86. The normalized spacial score (nSPS) is 18.4. The molecule has 18 heavy (non-hydrogen) atoms. The van der Waals surface area contributed by atoms with Crippen LogP contribution >= 0.6 is 11.3 Å². The van der Waals surface area contributed by atoms with Crippen molar-refractivity contribution in [3.05, 3.63) is 15.6 Å². The summed E-state index contributed by atoms with van der Waals surface area (Å²) in [6, 6.07) is 0. The Morgan fingerprint density at radius 2 is 2.06 bits per heavy atom. The Kier molecular flexibility index (Phi) is 5.15. The van der Waals surface area contributed by atoms with Crippen molar-refractivity contribution in [1.29, 1.82) is 0 Å². The number of rotatable bonds is 5. The Bertz CT molecular complexity index is 348. The van der Waals surface area contributed by atoms with Crippen LogP contribution in [0.15, 0.2) is 0 Å². The molecule has 0 spiro atoms. The highest BCUT2D eigenvalue weighted by molar-refractivity contribution is 7.11. The molecule has 1 aliphatic rings. The van der Waals surface area contributed by atoms with E-state index in [1.807, 2.05) is 11.3 Å². The lowest BCUT2D eigenvalue weighted by Crippen LogP contribution is -2.36. The Hall–Kier alpha value is -0.450. The summed E-state index contributed by atoms with van der Waals surface area (Å²) in [4.78, 5) is 8.46. The number of hydrogen-bond acceptors (Lipinski definition) is 4. The Labute approximate surface area is 115 Å². The first-order valence-electron chi connectivity index (χ1n) is 7.05. The largest absolute Gasteiger partial charge is 0.310 e. The van der Waals surface area contributed by atoms with Gasteiger partial charge in [-0.3, -0.25) is 0 Å². The van der Waals surface area contributed by atoms with Crippen LogP contribution in [0.1, 0.15) is 35.3 Å². The van der Waals surface area contributed by atoms with Gasteiger partial charge in [0.15, 0.2) is 0 Å². The highest BCUT2D eigenvalue weighted by atomic mass is 32.1. The monoisotopic (exact) mass is 267 g/mol. The standard InChI is InChI=1S/C14H25N3S/c1-4-17-7-5-13(6-8-17)9-15-10-14-16-11(2)12(3)18-14/h13,15H,4-10H2,1-3H3. The Morgan fingerprint density at radius 3 is 2.61 bits per heavy atom. The van der Waals surface area contributed by atoms with Crippen LogP contribution < -0.4 is 5.32 Å². The highest BCUT2D eigenvalue weighted by Crippen LogP contribution is 2.18. The summed E-state index contributed by atoms with van der Waals surface area (Å²) in [5.74, 6) is 0.856. The average Bonchev–Trinajstić information content (AvgIpc) is 2.69. The van der Waals surface area contributed by atoms with E-state index >= 15 is 0 Å². The van der Waals surface area contributed by atoms with E-state index in [0.717, 1.165) is 19.0 Å². The zero-order valence-corrected chi connectivity index (χ0v) is 12.6. The van der Waals surface area contributed by atoms with Gasteiger partial charge in [-0.2, -0.15) is 0 Å². The molecule has 0 bridgehead atoms. The molecule has 0 atom stereocenters. The van der Waals surface area contributed by atoms with Crippen LogP contribution in [0.2, 0.25) is 0 Å². The molecule has 0 saturated carbocycles. The molecule has 102 valence electrons. The van der Waals surface area contributed by atoms with Crippen molar-refractivity contribution < 1.29 is 0 Å². The molecule has 1 aromatic heterocycles. The minimum atomic E-state index is 0.856. The van der Waals surface area contributed by atoms with E-state index in [9.17, 15) is 0 Å². The predicted octanol–water partition coefficient (Wildman–Crippen LogP) is 2.58. The summed E-state index contributed by atoms with van der Waals surface area (Å²) in [5, 5.41) is 4.81. The van der Waals surface area contributed by atoms with Gasteiger partial charge in [0.25, 0.3) is 0 Å². The lowest BCUT2D eigenvalue weighted by Gasteiger charge is -2.31. The minimum absolute atomic E-state index is 0.856. The van der Waals surface area contributed by atoms with Crippen LogP contribution in [0.25, 0.3) is 0 Å². The summed E-state index contributed by atoms with van der Waals surface area (Å²) in [6.07, 6.45) is 2.69. The smallest absolute Gasteiger partial charge is 0.107 e. The summed E-state index contributed by atoms with van der Waals surface area (Å²) >= 11 is 1.82. The summed E-state index contributed by atoms with van der Waals surface area (Å²) < 4.78 is 0.